The van der Waals surface area contributed by atoms with E-state index in [0.29, 0.717) is 43.4 Å². The highest BCUT2D eigenvalue weighted by Gasteiger charge is 2.48. The standard InChI is InChI=1S/C25H27N3O4S/c29-24-16-27(21-5-6-21)17-25(32-24)10-13-28(14-11-25)33(30,31)22-7-3-18(4-8-22)20-2-1-19-9-12-26-23(19)15-20/h1-4,7-9,12,15,21,26H,5-6,10-11,13-14,16-17H2. The number of rotatable bonds is 4. The third-order valence-corrected chi connectivity index (χ3v) is 9.14. The molecule has 0 bridgehead atoms. The van der Waals surface area contributed by atoms with Crippen LogP contribution < -0.4 is 0 Å². The van der Waals surface area contributed by atoms with Gasteiger partial charge in [-0.2, -0.15) is 4.31 Å². The second kappa shape index (κ2) is 7.68. The number of hydrogen-bond donors (Lipinski definition) is 1. The van der Waals surface area contributed by atoms with Crippen molar-refractivity contribution in [2.24, 2.45) is 0 Å². The van der Waals surface area contributed by atoms with Gasteiger partial charge in [-0.3, -0.25) is 9.69 Å². The maximum atomic E-state index is 13.3. The van der Waals surface area contributed by atoms with E-state index in [1.165, 1.54) is 4.31 Å². The molecule has 2 aromatic carbocycles. The maximum absolute atomic E-state index is 13.3. The van der Waals surface area contributed by atoms with Gasteiger partial charge in [-0.1, -0.05) is 24.3 Å². The van der Waals surface area contributed by atoms with Gasteiger partial charge in [0.25, 0.3) is 0 Å². The summed E-state index contributed by atoms with van der Waals surface area (Å²) >= 11 is 0. The van der Waals surface area contributed by atoms with Crippen molar-refractivity contribution >= 4 is 26.9 Å². The van der Waals surface area contributed by atoms with Gasteiger partial charge in [0.1, 0.15) is 5.60 Å². The summed E-state index contributed by atoms with van der Waals surface area (Å²) in [5.74, 6) is -0.183. The molecule has 172 valence electrons. The molecule has 1 saturated carbocycles. The number of sulfonamides is 1. The van der Waals surface area contributed by atoms with Crippen LogP contribution >= 0.6 is 0 Å². The zero-order chi connectivity index (χ0) is 22.6. The van der Waals surface area contributed by atoms with Crippen LogP contribution in [0.15, 0.2) is 59.6 Å². The fourth-order valence-electron chi connectivity index (χ4n) is 5.19. The Kier molecular flexibility index (Phi) is 4.87. The minimum absolute atomic E-state index is 0.183. The lowest BCUT2D eigenvalue weighted by Gasteiger charge is -2.46. The van der Waals surface area contributed by atoms with Gasteiger partial charge in [-0.25, -0.2) is 8.42 Å². The first-order chi connectivity index (χ1) is 15.9. The van der Waals surface area contributed by atoms with Crippen molar-refractivity contribution in [3.63, 3.8) is 0 Å². The highest BCUT2D eigenvalue weighted by molar-refractivity contribution is 7.89. The lowest BCUT2D eigenvalue weighted by Crippen LogP contribution is -2.59. The molecule has 1 aliphatic carbocycles. The first-order valence-electron chi connectivity index (χ1n) is 11.6. The van der Waals surface area contributed by atoms with E-state index in [1.807, 2.05) is 30.5 Å². The van der Waals surface area contributed by atoms with Gasteiger partial charge >= 0.3 is 5.97 Å². The van der Waals surface area contributed by atoms with Crippen molar-refractivity contribution in [1.29, 1.82) is 0 Å². The smallest absolute Gasteiger partial charge is 0.320 e. The highest BCUT2D eigenvalue weighted by Crippen LogP contribution is 2.37. The predicted octanol–water partition coefficient (Wildman–Crippen LogP) is 3.38. The highest BCUT2D eigenvalue weighted by atomic mass is 32.2. The van der Waals surface area contributed by atoms with Crippen molar-refractivity contribution < 1.29 is 17.9 Å². The fourth-order valence-corrected chi connectivity index (χ4v) is 6.63. The minimum atomic E-state index is -3.60. The van der Waals surface area contributed by atoms with Gasteiger partial charge in [0.05, 0.1) is 11.4 Å². The molecule has 6 rings (SSSR count). The topological polar surface area (TPSA) is 82.7 Å². The normalized spacial score (nSPS) is 22.0. The monoisotopic (exact) mass is 465 g/mol. The van der Waals surface area contributed by atoms with E-state index in [-0.39, 0.29) is 5.97 Å². The Balaban J connectivity index is 1.17. The molecule has 3 fully saturated rings. The van der Waals surface area contributed by atoms with Crippen molar-refractivity contribution in [1.82, 2.24) is 14.2 Å². The van der Waals surface area contributed by atoms with E-state index >= 15 is 0 Å². The van der Waals surface area contributed by atoms with Crippen LogP contribution in [0.2, 0.25) is 0 Å². The summed E-state index contributed by atoms with van der Waals surface area (Å²) in [6.45, 7) is 1.80. The minimum Gasteiger partial charge on any atom is -0.457 e. The number of ether oxygens (including phenoxy) is 1. The lowest BCUT2D eigenvalue weighted by atomic mass is 9.90. The summed E-state index contributed by atoms with van der Waals surface area (Å²) < 4.78 is 33.9. The van der Waals surface area contributed by atoms with Crippen LogP contribution in [-0.2, 0) is 19.6 Å². The predicted molar refractivity (Wildman–Crippen MR) is 125 cm³/mol. The zero-order valence-corrected chi connectivity index (χ0v) is 19.2. The molecule has 0 atom stereocenters. The molecule has 1 spiro atoms. The number of esters is 1. The van der Waals surface area contributed by atoms with Gasteiger partial charge in [0.2, 0.25) is 10.0 Å². The van der Waals surface area contributed by atoms with Crippen LogP contribution in [0.25, 0.3) is 22.0 Å². The molecule has 3 heterocycles. The number of benzene rings is 2. The number of carbonyl (C=O) groups is 1. The van der Waals surface area contributed by atoms with Crippen LogP contribution in [0, 0.1) is 0 Å². The Morgan fingerprint density at radius 2 is 1.70 bits per heavy atom. The van der Waals surface area contributed by atoms with Crippen molar-refractivity contribution in [2.45, 2.75) is 42.2 Å². The van der Waals surface area contributed by atoms with E-state index in [4.69, 9.17) is 4.74 Å². The first-order valence-corrected chi connectivity index (χ1v) is 13.0. The molecule has 3 aliphatic rings. The number of H-pyrrole nitrogens is 1. The molecule has 0 radical (unpaired) electrons. The SMILES string of the molecule is O=C1CN(C2CC2)CC2(CCN(S(=O)(=O)c3ccc(-c4ccc5cc[nH]c5c4)cc3)CC2)O1. The number of piperidine rings is 1. The summed E-state index contributed by atoms with van der Waals surface area (Å²) in [6, 6.07) is 15.8. The molecule has 2 aliphatic heterocycles. The number of carbonyl (C=O) groups excluding carboxylic acids is 1. The summed E-state index contributed by atoms with van der Waals surface area (Å²) in [4.78, 5) is 17.9. The van der Waals surface area contributed by atoms with Gasteiger partial charge in [0.15, 0.2) is 0 Å². The van der Waals surface area contributed by atoms with Gasteiger partial charge in [0, 0.05) is 50.2 Å². The summed E-state index contributed by atoms with van der Waals surface area (Å²) in [5.41, 5.74) is 2.50. The Hall–Kier alpha value is -2.68. The Bertz CT molecular complexity index is 1300. The van der Waals surface area contributed by atoms with E-state index in [1.54, 1.807) is 12.1 Å². The number of hydrogen-bond acceptors (Lipinski definition) is 5. The van der Waals surface area contributed by atoms with Gasteiger partial charge in [-0.15, -0.1) is 0 Å². The van der Waals surface area contributed by atoms with Gasteiger partial charge in [-0.05, 0) is 53.6 Å². The zero-order valence-electron chi connectivity index (χ0n) is 18.4. The van der Waals surface area contributed by atoms with Crippen molar-refractivity contribution in [3.05, 3.63) is 54.7 Å². The molecule has 1 aromatic heterocycles. The molecule has 3 aromatic rings. The molecule has 0 amide bonds. The van der Waals surface area contributed by atoms with Crippen LogP contribution in [0.4, 0.5) is 0 Å². The van der Waals surface area contributed by atoms with E-state index in [2.05, 4.69) is 22.0 Å². The average Bonchev–Trinajstić information content (AvgIpc) is 3.56. The third-order valence-electron chi connectivity index (χ3n) is 7.23. The largest absolute Gasteiger partial charge is 0.457 e. The number of fused-ring (bicyclic) bond motifs is 1. The molecule has 0 unspecified atom stereocenters. The summed E-state index contributed by atoms with van der Waals surface area (Å²) in [5, 5.41) is 1.14. The Morgan fingerprint density at radius 1 is 0.970 bits per heavy atom. The van der Waals surface area contributed by atoms with Crippen LogP contribution in [0.5, 0.6) is 0 Å². The number of nitrogens with zero attached hydrogens (tertiary/aromatic N) is 2. The van der Waals surface area contributed by atoms with Crippen molar-refractivity contribution in [2.75, 3.05) is 26.2 Å². The third kappa shape index (κ3) is 3.86. The molecule has 33 heavy (non-hydrogen) atoms. The fraction of sp³-hybridized carbons (Fsp3) is 0.400. The first kappa shape index (κ1) is 20.9. The van der Waals surface area contributed by atoms with Crippen LogP contribution in [0.3, 0.4) is 0 Å². The summed E-state index contributed by atoms with van der Waals surface area (Å²) in [7, 11) is -3.60. The summed E-state index contributed by atoms with van der Waals surface area (Å²) in [6.07, 6.45) is 5.26. The number of nitrogens with one attached hydrogen (secondary N) is 1. The van der Waals surface area contributed by atoms with E-state index in [9.17, 15) is 13.2 Å². The number of morpholine rings is 1. The molecule has 7 nitrogen and oxygen atoms in total. The average molecular weight is 466 g/mol. The molecule has 8 heteroatoms. The second-order valence-electron chi connectivity index (χ2n) is 9.50. The second-order valence-corrected chi connectivity index (χ2v) is 11.4. The number of aromatic nitrogens is 1. The maximum Gasteiger partial charge on any atom is 0.320 e. The quantitative estimate of drug-likeness (QED) is 0.598. The molecular weight excluding hydrogens is 438 g/mol. The molecule has 2 saturated heterocycles. The van der Waals surface area contributed by atoms with Crippen molar-refractivity contribution in [3.8, 4) is 11.1 Å². The number of aromatic amines is 1. The van der Waals surface area contributed by atoms with Crippen LogP contribution in [0.1, 0.15) is 25.7 Å². The van der Waals surface area contributed by atoms with Gasteiger partial charge < -0.3 is 9.72 Å². The van der Waals surface area contributed by atoms with E-state index < -0.39 is 15.6 Å². The lowest BCUT2D eigenvalue weighted by molar-refractivity contribution is -0.180. The Morgan fingerprint density at radius 3 is 2.42 bits per heavy atom. The molecule has 1 N–H and O–H groups in total. The van der Waals surface area contributed by atoms with E-state index in [0.717, 1.165) is 41.4 Å². The molecular formula is C25H27N3O4S. The Labute approximate surface area is 193 Å². The van der Waals surface area contributed by atoms with Crippen LogP contribution in [-0.4, -0.2) is 66.4 Å².